The molecular weight excluding hydrogens is 466 g/mol. The normalized spacial score (nSPS) is 26.1. The van der Waals surface area contributed by atoms with E-state index in [1.165, 1.54) is 4.90 Å². The van der Waals surface area contributed by atoms with Crippen LogP contribution in [0, 0.1) is 11.8 Å². The average molecular weight is 496 g/mol. The maximum absolute atomic E-state index is 13.4. The van der Waals surface area contributed by atoms with Gasteiger partial charge in [-0.05, 0) is 68.2 Å². The molecule has 7 nitrogen and oxygen atoms in total. The van der Waals surface area contributed by atoms with Crippen molar-refractivity contribution in [3.8, 4) is 5.75 Å². The van der Waals surface area contributed by atoms with Gasteiger partial charge in [-0.1, -0.05) is 6.92 Å². The number of nitrogens with zero attached hydrogens (tertiary/aromatic N) is 1. The number of benzene rings is 1. The van der Waals surface area contributed by atoms with Crippen molar-refractivity contribution in [2.75, 3.05) is 13.1 Å². The fourth-order valence-electron chi connectivity index (χ4n) is 4.52. The predicted molar refractivity (Wildman–Crippen MR) is 112 cm³/mol. The number of carbonyl (C=O) groups excluding carboxylic acids is 1. The molecule has 33 heavy (non-hydrogen) atoms. The summed E-state index contributed by atoms with van der Waals surface area (Å²) in [4.78, 5) is 13.9. The van der Waals surface area contributed by atoms with Crippen molar-refractivity contribution in [3.63, 3.8) is 0 Å². The number of alkyl halides is 4. The summed E-state index contributed by atoms with van der Waals surface area (Å²) in [6.07, 6.45) is -3.12. The molecule has 0 spiro atoms. The minimum atomic E-state index is -4.86. The zero-order valence-electron chi connectivity index (χ0n) is 18.2. The molecule has 1 aromatic carbocycles. The van der Waals surface area contributed by atoms with Crippen LogP contribution >= 0.6 is 0 Å². The van der Waals surface area contributed by atoms with Gasteiger partial charge >= 0.3 is 6.36 Å². The first-order valence-corrected chi connectivity index (χ1v) is 12.4. The standard InChI is InChI=1S/C21H29F4N3O4S/c1-13(19(26)20(29)28-11-10-15(22)12-28)14-2-4-16(5-3-14)27-33(30,31)18-8-6-17(7-9-18)32-21(23,24)25/h6-9,13-16,19,27H,2-5,10-12,26H2,1H3/t13-,14?,15-,16?,19?/m0/s1. The lowest BCUT2D eigenvalue weighted by Crippen LogP contribution is -2.49. The van der Waals surface area contributed by atoms with E-state index in [1.54, 1.807) is 0 Å². The highest BCUT2D eigenvalue weighted by molar-refractivity contribution is 7.89. The molecule has 3 N–H and O–H groups in total. The molecule has 1 amide bonds. The van der Waals surface area contributed by atoms with E-state index in [-0.39, 0.29) is 35.2 Å². The highest BCUT2D eigenvalue weighted by atomic mass is 32.2. The number of ether oxygens (including phenoxy) is 1. The average Bonchev–Trinajstić information content (AvgIpc) is 3.18. The first kappa shape index (κ1) is 25.7. The number of sulfonamides is 1. The molecule has 1 saturated carbocycles. The van der Waals surface area contributed by atoms with Crippen LogP contribution in [0.4, 0.5) is 17.6 Å². The van der Waals surface area contributed by atoms with E-state index >= 15 is 0 Å². The molecule has 1 unspecified atom stereocenters. The monoisotopic (exact) mass is 495 g/mol. The van der Waals surface area contributed by atoms with E-state index in [4.69, 9.17) is 5.73 Å². The highest BCUT2D eigenvalue weighted by Gasteiger charge is 2.36. The quantitative estimate of drug-likeness (QED) is 0.567. The molecule has 2 aliphatic rings. The third kappa shape index (κ3) is 6.80. The van der Waals surface area contributed by atoms with Crippen LogP contribution < -0.4 is 15.2 Å². The van der Waals surface area contributed by atoms with Crippen LogP contribution in [0.15, 0.2) is 29.2 Å². The number of likely N-dealkylation sites (tertiary alicyclic amines) is 1. The van der Waals surface area contributed by atoms with Crippen LogP contribution in [0.1, 0.15) is 39.0 Å². The van der Waals surface area contributed by atoms with Crippen molar-refractivity contribution >= 4 is 15.9 Å². The third-order valence-electron chi connectivity index (χ3n) is 6.50. The molecule has 1 saturated heterocycles. The Morgan fingerprint density at radius 1 is 1.15 bits per heavy atom. The second-order valence-corrected chi connectivity index (χ2v) is 10.5. The molecule has 0 aromatic heterocycles. The summed E-state index contributed by atoms with van der Waals surface area (Å²) in [6.45, 7) is 2.35. The summed E-state index contributed by atoms with van der Waals surface area (Å²) in [7, 11) is -3.91. The Morgan fingerprint density at radius 3 is 2.27 bits per heavy atom. The molecule has 0 bridgehead atoms. The molecule has 0 radical (unpaired) electrons. The van der Waals surface area contributed by atoms with E-state index in [0.717, 1.165) is 24.3 Å². The summed E-state index contributed by atoms with van der Waals surface area (Å²) in [6, 6.07) is 2.95. The van der Waals surface area contributed by atoms with E-state index in [2.05, 4.69) is 9.46 Å². The largest absolute Gasteiger partial charge is 0.573 e. The van der Waals surface area contributed by atoms with Crippen LogP contribution in [-0.2, 0) is 14.8 Å². The van der Waals surface area contributed by atoms with Crippen molar-refractivity contribution in [1.29, 1.82) is 0 Å². The SMILES string of the molecule is C[C@@H](C1CCC(NS(=O)(=O)c2ccc(OC(F)(F)F)cc2)CC1)C(N)C(=O)N1CC[C@H](F)C1. The highest BCUT2D eigenvalue weighted by Crippen LogP contribution is 2.33. The zero-order chi connectivity index (χ0) is 24.4. The van der Waals surface area contributed by atoms with Crippen LogP contribution in [0.25, 0.3) is 0 Å². The summed E-state index contributed by atoms with van der Waals surface area (Å²) in [5, 5.41) is 0. The van der Waals surface area contributed by atoms with Crippen molar-refractivity contribution in [1.82, 2.24) is 9.62 Å². The number of hydrogen-bond donors (Lipinski definition) is 2. The summed E-state index contributed by atoms with van der Waals surface area (Å²) < 4.78 is 81.8. The van der Waals surface area contributed by atoms with E-state index in [9.17, 15) is 30.8 Å². The van der Waals surface area contributed by atoms with Gasteiger partial charge in [0, 0.05) is 12.6 Å². The van der Waals surface area contributed by atoms with Crippen molar-refractivity contribution < 1.29 is 35.5 Å². The van der Waals surface area contributed by atoms with Crippen molar-refractivity contribution in [2.45, 2.75) is 68.5 Å². The number of carbonyl (C=O) groups is 1. The fraction of sp³-hybridized carbons (Fsp3) is 0.667. The molecule has 1 heterocycles. The predicted octanol–water partition coefficient (Wildman–Crippen LogP) is 2.96. The van der Waals surface area contributed by atoms with Gasteiger partial charge in [0.25, 0.3) is 0 Å². The fourth-order valence-corrected chi connectivity index (χ4v) is 5.82. The Kier molecular flexibility index (Phi) is 7.90. The van der Waals surface area contributed by atoms with Gasteiger partial charge in [-0.3, -0.25) is 4.79 Å². The minimum absolute atomic E-state index is 0.0804. The number of hydrogen-bond acceptors (Lipinski definition) is 5. The molecule has 186 valence electrons. The van der Waals surface area contributed by atoms with Gasteiger partial charge < -0.3 is 15.4 Å². The summed E-state index contributed by atoms with van der Waals surface area (Å²) >= 11 is 0. The number of halogens is 4. The lowest BCUT2D eigenvalue weighted by atomic mass is 9.76. The topological polar surface area (TPSA) is 102 Å². The maximum atomic E-state index is 13.4. The Bertz CT molecular complexity index is 918. The van der Waals surface area contributed by atoms with Gasteiger partial charge in [-0.2, -0.15) is 0 Å². The first-order valence-electron chi connectivity index (χ1n) is 10.9. The lowest BCUT2D eigenvalue weighted by Gasteiger charge is -2.35. The van der Waals surface area contributed by atoms with Crippen LogP contribution in [0.2, 0.25) is 0 Å². The number of amides is 1. The zero-order valence-corrected chi connectivity index (χ0v) is 19.0. The van der Waals surface area contributed by atoms with E-state index in [0.29, 0.717) is 38.6 Å². The smallest absolute Gasteiger partial charge is 0.406 e. The van der Waals surface area contributed by atoms with E-state index < -0.39 is 34.3 Å². The number of nitrogens with one attached hydrogen (secondary N) is 1. The van der Waals surface area contributed by atoms with Gasteiger partial charge in [0.15, 0.2) is 0 Å². The Morgan fingerprint density at radius 2 is 1.76 bits per heavy atom. The molecule has 1 aromatic rings. The molecule has 2 fully saturated rings. The molecule has 3 atom stereocenters. The molecular formula is C21H29F4N3O4S. The second-order valence-electron chi connectivity index (χ2n) is 8.81. The Balaban J connectivity index is 1.51. The van der Waals surface area contributed by atoms with Gasteiger partial charge in [0.05, 0.1) is 17.5 Å². The lowest BCUT2D eigenvalue weighted by molar-refractivity contribution is -0.274. The van der Waals surface area contributed by atoms with Gasteiger partial charge in [0.2, 0.25) is 15.9 Å². The molecule has 1 aliphatic heterocycles. The van der Waals surface area contributed by atoms with Crippen LogP contribution in [-0.4, -0.2) is 56.9 Å². The third-order valence-corrected chi connectivity index (χ3v) is 8.04. The van der Waals surface area contributed by atoms with Crippen molar-refractivity contribution in [2.24, 2.45) is 17.6 Å². The second kappa shape index (κ2) is 10.1. The van der Waals surface area contributed by atoms with Gasteiger partial charge in [-0.25, -0.2) is 17.5 Å². The number of nitrogens with two attached hydrogens (primary N) is 1. The molecule has 3 rings (SSSR count). The first-order chi connectivity index (χ1) is 15.4. The minimum Gasteiger partial charge on any atom is -0.406 e. The van der Waals surface area contributed by atoms with Gasteiger partial charge in [0.1, 0.15) is 11.9 Å². The molecule has 1 aliphatic carbocycles. The Labute approximate surface area is 190 Å². The molecule has 12 heteroatoms. The summed E-state index contributed by atoms with van der Waals surface area (Å²) in [5.74, 6) is -0.747. The van der Waals surface area contributed by atoms with E-state index in [1.807, 2.05) is 6.92 Å². The maximum Gasteiger partial charge on any atom is 0.573 e. The van der Waals surface area contributed by atoms with Crippen LogP contribution in [0.3, 0.4) is 0 Å². The van der Waals surface area contributed by atoms with Crippen LogP contribution in [0.5, 0.6) is 5.75 Å². The number of rotatable bonds is 7. The summed E-state index contributed by atoms with van der Waals surface area (Å²) in [5.41, 5.74) is 6.17. The van der Waals surface area contributed by atoms with Gasteiger partial charge in [-0.15, -0.1) is 13.2 Å². The Hall–Kier alpha value is -1.92. The van der Waals surface area contributed by atoms with Crippen molar-refractivity contribution in [3.05, 3.63) is 24.3 Å².